The zero-order chi connectivity index (χ0) is 19.0. The number of nitrogens with two attached hydrogens (primary N) is 2. The minimum atomic E-state index is -0.931. The van der Waals surface area contributed by atoms with Crippen LogP contribution in [-0.2, 0) is 5.54 Å². The third-order valence-electron chi connectivity index (χ3n) is 5.03. The molecule has 29 heavy (non-hydrogen) atoms. The van der Waals surface area contributed by atoms with E-state index in [1.165, 1.54) is 0 Å². The molecule has 0 bridgehead atoms. The summed E-state index contributed by atoms with van der Waals surface area (Å²) in [6, 6.07) is 15.6. The van der Waals surface area contributed by atoms with Gasteiger partial charge in [0.15, 0.2) is 0 Å². The van der Waals surface area contributed by atoms with Crippen LogP contribution in [0.2, 0.25) is 0 Å². The first kappa shape index (κ1) is 22.7. The normalized spacial score (nSPS) is 23.3. The lowest BCUT2D eigenvalue weighted by atomic mass is 9.89. The molecule has 2 unspecified atom stereocenters. The van der Waals surface area contributed by atoms with E-state index in [4.69, 9.17) is 26.7 Å². The van der Waals surface area contributed by atoms with Gasteiger partial charge in [-0.2, -0.15) is 5.10 Å². The van der Waals surface area contributed by atoms with Crippen LogP contribution in [0.25, 0.3) is 6.08 Å². The van der Waals surface area contributed by atoms with Crippen molar-refractivity contribution in [1.29, 1.82) is 5.41 Å². The van der Waals surface area contributed by atoms with Gasteiger partial charge in [-0.25, -0.2) is 0 Å². The molecule has 4 rings (SSSR count). The number of allylic oxidation sites excluding steroid dienone is 1. The van der Waals surface area contributed by atoms with Crippen molar-refractivity contribution < 1.29 is 4.74 Å². The summed E-state index contributed by atoms with van der Waals surface area (Å²) in [5, 5.41) is 17.9. The molecule has 1 heterocycles. The summed E-state index contributed by atoms with van der Waals surface area (Å²) in [5.41, 5.74) is 15.2. The molecule has 2 aliphatic rings. The van der Waals surface area contributed by atoms with Crippen molar-refractivity contribution in [1.82, 2.24) is 10.3 Å². The molecule has 1 fully saturated rings. The molecule has 0 radical (unpaired) electrons. The standard InChI is InChI=1S/C20H22N6O.2ClH/c1-27-15-7-4-6-14(11-15)20(18(21)22)12-26(19(23)24-20)25-17-10-9-13-5-2-3-8-16(13)17;;/h2-11,19,24H,12,23H2,1H3,(H3,21,22);2*1H. The Kier molecular flexibility index (Phi) is 6.92. The Hall–Kier alpha value is -2.58. The van der Waals surface area contributed by atoms with Crippen molar-refractivity contribution >= 4 is 42.4 Å². The number of benzene rings is 2. The summed E-state index contributed by atoms with van der Waals surface area (Å²) < 4.78 is 5.32. The molecule has 2 aromatic carbocycles. The fourth-order valence-corrected chi connectivity index (χ4v) is 3.55. The first-order valence-electron chi connectivity index (χ1n) is 8.68. The largest absolute Gasteiger partial charge is 0.497 e. The number of nitrogens with zero attached hydrogens (tertiary/aromatic N) is 2. The number of hydrogen-bond acceptors (Lipinski definition) is 6. The highest BCUT2D eigenvalue weighted by molar-refractivity contribution is 6.16. The molecule has 6 N–H and O–H groups in total. The topological polar surface area (TPSA) is 113 Å². The molecule has 0 spiro atoms. The molecule has 2 aromatic rings. The van der Waals surface area contributed by atoms with E-state index in [1.54, 1.807) is 12.1 Å². The van der Waals surface area contributed by atoms with Gasteiger partial charge in [-0.3, -0.25) is 21.5 Å². The van der Waals surface area contributed by atoms with Gasteiger partial charge in [0, 0.05) is 5.56 Å². The Labute approximate surface area is 182 Å². The van der Waals surface area contributed by atoms with Gasteiger partial charge < -0.3 is 10.5 Å². The minimum Gasteiger partial charge on any atom is -0.497 e. The SMILES string of the molecule is COc1cccc(C2(C(=N)N)CN(N=C3C=Cc4ccccc43)C(N)N2)c1.Cl.Cl. The zero-order valence-corrected chi connectivity index (χ0v) is 17.5. The van der Waals surface area contributed by atoms with Gasteiger partial charge in [-0.15, -0.1) is 24.8 Å². The molecule has 0 aromatic heterocycles. The van der Waals surface area contributed by atoms with E-state index in [1.807, 2.05) is 60.7 Å². The third kappa shape index (κ3) is 3.95. The van der Waals surface area contributed by atoms with E-state index < -0.39 is 11.8 Å². The zero-order valence-electron chi connectivity index (χ0n) is 15.8. The monoisotopic (exact) mass is 434 g/mol. The van der Waals surface area contributed by atoms with Crippen LogP contribution in [0.4, 0.5) is 0 Å². The molecule has 9 heteroatoms. The molecule has 1 saturated heterocycles. The molecule has 2 atom stereocenters. The first-order valence-corrected chi connectivity index (χ1v) is 8.68. The summed E-state index contributed by atoms with van der Waals surface area (Å²) >= 11 is 0. The second-order valence-electron chi connectivity index (χ2n) is 6.64. The summed E-state index contributed by atoms with van der Waals surface area (Å²) in [5.74, 6) is 0.678. The van der Waals surface area contributed by atoms with Crippen LogP contribution in [0.5, 0.6) is 5.75 Å². The van der Waals surface area contributed by atoms with Crippen molar-refractivity contribution in [2.45, 2.75) is 11.8 Å². The molecule has 154 valence electrons. The summed E-state index contributed by atoms with van der Waals surface area (Å²) in [7, 11) is 1.61. The van der Waals surface area contributed by atoms with Crippen LogP contribution in [0.3, 0.4) is 0 Å². The second-order valence-corrected chi connectivity index (χ2v) is 6.64. The predicted octanol–water partition coefficient (Wildman–Crippen LogP) is 2.25. The van der Waals surface area contributed by atoms with Crippen LogP contribution in [-0.4, -0.2) is 36.5 Å². The number of fused-ring (bicyclic) bond motifs is 1. The van der Waals surface area contributed by atoms with Gasteiger partial charge in [-0.05, 0) is 29.3 Å². The molecular formula is C20H24Cl2N6O. The van der Waals surface area contributed by atoms with Crippen molar-refractivity contribution in [2.24, 2.45) is 16.6 Å². The number of nitrogens with one attached hydrogen (secondary N) is 2. The summed E-state index contributed by atoms with van der Waals surface area (Å²) in [4.78, 5) is 0. The Morgan fingerprint density at radius 1 is 1.21 bits per heavy atom. The third-order valence-corrected chi connectivity index (χ3v) is 5.03. The van der Waals surface area contributed by atoms with E-state index in [2.05, 4.69) is 5.32 Å². The van der Waals surface area contributed by atoms with Gasteiger partial charge in [0.25, 0.3) is 0 Å². The lowest BCUT2D eigenvalue weighted by Crippen LogP contribution is -2.53. The highest BCUT2D eigenvalue weighted by Crippen LogP contribution is 2.31. The molecular weight excluding hydrogens is 411 g/mol. The van der Waals surface area contributed by atoms with Crippen LogP contribution in [0.1, 0.15) is 16.7 Å². The van der Waals surface area contributed by atoms with Crippen LogP contribution in [0, 0.1) is 5.41 Å². The van der Waals surface area contributed by atoms with Crippen molar-refractivity contribution in [3.63, 3.8) is 0 Å². The maximum atomic E-state index is 8.22. The average Bonchev–Trinajstić information content (AvgIpc) is 3.24. The summed E-state index contributed by atoms with van der Waals surface area (Å²) in [6.07, 6.45) is 3.42. The maximum Gasteiger partial charge on any atom is 0.149 e. The Morgan fingerprint density at radius 2 is 1.97 bits per heavy atom. The number of hydrazone groups is 1. The van der Waals surface area contributed by atoms with Crippen molar-refractivity contribution in [2.75, 3.05) is 13.7 Å². The Bertz CT molecular complexity index is 963. The number of amidine groups is 1. The van der Waals surface area contributed by atoms with Gasteiger partial charge in [0.05, 0.1) is 19.4 Å². The van der Waals surface area contributed by atoms with Crippen molar-refractivity contribution in [3.05, 3.63) is 71.3 Å². The van der Waals surface area contributed by atoms with E-state index in [-0.39, 0.29) is 30.6 Å². The van der Waals surface area contributed by atoms with Crippen LogP contribution in [0.15, 0.2) is 59.7 Å². The Balaban J connectivity index is 0.00000150. The van der Waals surface area contributed by atoms with Gasteiger partial charge in [-0.1, -0.05) is 42.5 Å². The first-order chi connectivity index (χ1) is 13.0. The molecule has 0 saturated carbocycles. The number of ether oxygens (including phenoxy) is 1. The number of halogens is 2. The predicted molar refractivity (Wildman–Crippen MR) is 121 cm³/mol. The highest BCUT2D eigenvalue weighted by atomic mass is 35.5. The summed E-state index contributed by atoms with van der Waals surface area (Å²) in [6.45, 7) is 0.343. The van der Waals surface area contributed by atoms with E-state index in [0.717, 1.165) is 22.4 Å². The fraction of sp³-hybridized carbons (Fsp3) is 0.200. The molecule has 1 aliphatic carbocycles. The van der Waals surface area contributed by atoms with E-state index in [9.17, 15) is 0 Å². The van der Waals surface area contributed by atoms with Gasteiger partial charge in [0.2, 0.25) is 0 Å². The number of methoxy groups -OCH3 is 1. The number of rotatable bonds is 4. The lowest BCUT2D eigenvalue weighted by Gasteiger charge is -2.28. The quantitative estimate of drug-likeness (QED) is 0.435. The van der Waals surface area contributed by atoms with Crippen molar-refractivity contribution in [3.8, 4) is 5.75 Å². The van der Waals surface area contributed by atoms with E-state index in [0.29, 0.717) is 12.3 Å². The fourth-order valence-electron chi connectivity index (χ4n) is 3.55. The maximum absolute atomic E-state index is 8.22. The van der Waals surface area contributed by atoms with E-state index >= 15 is 0 Å². The molecule has 1 aliphatic heterocycles. The smallest absolute Gasteiger partial charge is 0.149 e. The minimum absolute atomic E-state index is 0. The lowest BCUT2D eigenvalue weighted by molar-refractivity contribution is 0.259. The van der Waals surface area contributed by atoms with Crippen LogP contribution < -0.4 is 21.5 Å². The number of hydrogen-bond donors (Lipinski definition) is 4. The molecule has 7 nitrogen and oxygen atoms in total. The van der Waals surface area contributed by atoms with Gasteiger partial charge >= 0.3 is 0 Å². The Morgan fingerprint density at radius 3 is 2.69 bits per heavy atom. The van der Waals surface area contributed by atoms with Gasteiger partial charge in [0.1, 0.15) is 23.4 Å². The average molecular weight is 435 g/mol. The van der Waals surface area contributed by atoms with Crippen LogP contribution >= 0.6 is 24.8 Å². The highest BCUT2D eigenvalue weighted by Gasteiger charge is 2.46. The second kappa shape index (κ2) is 8.84. The molecule has 0 amide bonds.